The molecule has 0 saturated heterocycles. The molecule has 0 radical (unpaired) electrons. The van der Waals surface area contributed by atoms with E-state index in [0.29, 0.717) is 0 Å². The third-order valence-electron chi connectivity index (χ3n) is 6.09. The Bertz CT molecular complexity index is 254. The first kappa shape index (κ1) is 40.9. The van der Waals surface area contributed by atoms with Gasteiger partial charge in [-0.1, -0.05) is 55.4 Å². The Morgan fingerprint density at radius 3 is 0.414 bits per heavy atom. The Labute approximate surface area is 207 Å². The van der Waals surface area contributed by atoms with E-state index in [-0.39, 0.29) is 26.2 Å². The van der Waals surface area contributed by atoms with E-state index in [1.54, 1.807) is 0 Å². The summed E-state index contributed by atoms with van der Waals surface area (Å²) in [6.45, 7) is 24.4. The van der Waals surface area contributed by atoms with Crippen LogP contribution in [0.15, 0.2) is 0 Å². The van der Waals surface area contributed by atoms with Crippen molar-refractivity contribution in [3.63, 3.8) is 0 Å². The molecule has 4 N–H and O–H groups in total. The Hall–Kier alpha value is 1.59. The summed E-state index contributed by atoms with van der Waals surface area (Å²) in [6, 6.07) is 7.92. The van der Waals surface area contributed by atoms with Gasteiger partial charge in [-0.05, 0) is 74.5 Å². The molecule has 0 unspecified atom stereocenters. The van der Waals surface area contributed by atoms with Gasteiger partial charge in [-0.15, -0.1) is 0 Å². The standard InChI is InChI=1S/4C5H14OSi.Zr/c4*1-4-7(3,6)5-2;/h4*6H,4-5H2,1-3H3;. The van der Waals surface area contributed by atoms with Crippen molar-refractivity contribution in [1.29, 1.82) is 0 Å². The largest absolute Gasteiger partial charge is 0.432 e. The number of rotatable bonds is 8. The van der Waals surface area contributed by atoms with E-state index in [9.17, 15) is 19.2 Å². The molecule has 0 aromatic rings. The van der Waals surface area contributed by atoms with Crippen LogP contribution in [-0.4, -0.2) is 52.5 Å². The summed E-state index contributed by atoms with van der Waals surface area (Å²) in [6.07, 6.45) is 0. The first-order valence-electron chi connectivity index (χ1n) is 11.4. The third-order valence-corrected chi connectivity index (χ3v) is 18.3. The summed E-state index contributed by atoms with van der Waals surface area (Å²) >= 11 is 0. The minimum Gasteiger partial charge on any atom is -0.432 e. The molecule has 0 amide bonds. The van der Waals surface area contributed by atoms with Crippen LogP contribution in [0.4, 0.5) is 0 Å². The second-order valence-corrected chi connectivity index (χ2v) is 26.4. The van der Waals surface area contributed by atoms with Gasteiger partial charge >= 0.3 is 0 Å². The quantitative estimate of drug-likeness (QED) is 0.259. The molecule has 0 heterocycles. The van der Waals surface area contributed by atoms with E-state index in [1.807, 2.05) is 26.2 Å². The molecule has 0 aliphatic heterocycles. The van der Waals surface area contributed by atoms with Crippen LogP contribution in [0.25, 0.3) is 0 Å². The van der Waals surface area contributed by atoms with Crippen molar-refractivity contribution in [1.82, 2.24) is 0 Å². The molecule has 0 saturated carbocycles. The maximum absolute atomic E-state index is 9.27. The summed E-state index contributed by atoms with van der Waals surface area (Å²) in [7, 11) is -6.60. The van der Waals surface area contributed by atoms with Gasteiger partial charge in [0.1, 0.15) is 0 Å². The summed E-state index contributed by atoms with van der Waals surface area (Å²) < 4.78 is 0. The summed E-state index contributed by atoms with van der Waals surface area (Å²) in [5.74, 6) is 0. The molecular formula is C20H56O4Si4Zr. The third kappa shape index (κ3) is 34.4. The van der Waals surface area contributed by atoms with Crippen LogP contribution >= 0.6 is 0 Å². The summed E-state index contributed by atoms with van der Waals surface area (Å²) in [5.41, 5.74) is 0. The van der Waals surface area contributed by atoms with E-state index >= 15 is 0 Å². The molecule has 0 atom stereocenters. The van der Waals surface area contributed by atoms with Crippen molar-refractivity contribution in [2.45, 2.75) is 130 Å². The minimum absolute atomic E-state index is 0. The van der Waals surface area contributed by atoms with E-state index in [2.05, 4.69) is 55.4 Å². The van der Waals surface area contributed by atoms with Crippen LogP contribution in [0.1, 0.15) is 55.4 Å². The van der Waals surface area contributed by atoms with Crippen molar-refractivity contribution in [2.75, 3.05) is 0 Å². The average molecular weight is 564 g/mol. The Morgan fingerprint density at radius 1 is 0.345 bits per heavy atom. The second-order valence-electron chi connectivity index (χ2n) is 8.82. The summed E-state index contributed by atoms with van der Waals surface area (Å²) in [4.78, 5) is 37.1. The second kappa shape index (κ2) is 21.4. The maximum atomic E-state index is 9.27. The fraction of sp³-hybridized carbons (Fsp3) is 1.00. The molecule has 9 heteroatoms. The van der Waals surface area contributed by atoms with E-state index < -0.39 is 33.3 Å². The van der Waals surface area contributed by atoms with Crippen molar-refractivity contribution in [3.05, 3.63) is 0 Å². The van der Waals surface area contributed by atoms with E-state index in [1.165, 1.54) is 0 Å². The van der Waals surface area contributed by atoms with Crippen LogP contribution < -0.4 is 0 Å². The fourth-order valence-corrected chi connectivity index (χ4v) is 3.00. The van der Waals surface area contributed by atoms with Gasteiger partial charge in [0.15, 0.2) is 33.3 Å². The molecule has 0 rings (SSSR count). The molecule has 4 nitrogen and oxygen atoms in total. The van der Waals surface area contributed by atoms with Crippen molar-refractivity contribution >= 4 is 33.3 Å². The zero-order valence-electron chi connectivity index (χ0n) is 21.9. The molecule has 0 aromatic heterocycles. The smallest absolute Gasteiger partial charge is 0.185 e. The predicted molar refractivity (Wildman–Crippen MR) is 139 cm³/mol. The fourth-order valence-electron chi connectivity index (χ4n) is 1.000. The zero-order valence-corrected chi connectivity index (χ0v) is 28.4. The molecule has 180 valence electrons. The van der Waals surface area contributed by atoms with Crippen LogP contribution in [0.2, 0.25) is 74.5 Å². The van der Waals surface area contributed by atoms with Gasteiger partial charge in [0, 0.05) is 26.2 Å². The van der Waals surface area contributed by atoms with Crippen LogP contribution in [-0.2, 0) is 26.2 Å². The van der Waals surface area contributed by atoms with Gasteiger partial charge in [-0.25, -0.2) is 0 Å². The predicted octanol–water partition coefficient (Wildman–Crippen LogP) is 6.37. The first-order valence-corrected chi connectivity index (χ1v) is 22.8. The number of hydrogen-bond acceptors (Lipinski definition) is 4. The van der Waals surface area contributed by atoms with Crippen LogP contribution in [0, 0.1) is 0 Å². The molecule has 0 spiro atoms. The van der Waals surface area contributed by atoms with Crippen LogP contribution in [0.3, 0.4) is 0 Å². The Balaban J connectivity index is -0.0000000873. The van der Waals surface area contributed by atoms with E-state index in [0.717, 1.165) is 48.4 Å². The molecule has 0 fully saturated rings. The average Bonchev–Trinajstić information content (AvgIpc) is 2.69. The van der Waals surface area contributed by atoms with Crippen LogP contribution in [0.5, 0.6) is 0 Å². The minimum atomic E-state index is -1.65. The molecule has 0 aliphatic rings. The number of hydrogen-bond donors (Lipinski definition) is 4. The molecule has 29 heavy (non-hydrogen) atoms. The SMILES string of the molecule is CC[Si](C)(O)CC.CC[Si](C)(O)CC.CC[Si](C)(O)CC.CC[Si](C)(O)CC.[Zr]. The molecular weight excluding hydrogens is 508 g/mol. The van der Waals surface area contributed by atoms with E-state index in [4.69, 9.17) is 0 Å². The van der Waals surface area contributed by atoms with Crippen molar-refractivity contribution in [2.24, 2.45) is 0 Å². The first-order chi connectivity index (χ1) is 12.5. The molecule has 0 aliphatic carbocycles. The zero-order chi connectivity index (χ0) is 23.7. The van der Waals surface area contributed by atoms with Gasteiger partial charge in [0.05, 0.1) is 0 Å². The Kier molecular flexibility index (Phi) is 30.2. The maximum Gasteiger partial charge on any atom is 0.185 e. The summed E-state index contributed by atoms with van der Waals surface area (Å²) in [5, 5.41) is 0. The monoisotopic (exact) mass is 562 g/mol. The molecule has 0 aromatic carbocycles. The van der Waals surface area contributed by atoms with Gasteiger partial charge < -0.3 is 19.2 Å². The van der Waals surface area contributed by atoms with Gasteiger partial charge in [0.2, 0.25) is 0 Å². The Morgan fingerprint density at radius 2 is 0.414 bits per heavy atom. The van der Waals surface area contributed by atoms with Gasteiger partial charge in [-0.3, -0.25) is 0 Å². The normalized spacial score (nSPS) is 11.6. The van der Waals surface area contributed by atoms with Crippen molar-refractivity contribution in [3.8, 4) is 0 Å². The van der Waals surface area contributed by atoms with Gasteiger partial charge in [0.25, 0.3) is 0 Å². The van der Waals surface area contributed by atoms with Gasteiger partial charge in [-0.2, -0.15) is 0 Å². The van der Waals surface area contributed by atoms with Crippen molar-refractivity contribution < 1.29 is 45.4 Å². The topological polar surface area (TPSA) is 80.9 Å². The molecule has 0 bridgehead atoms.